The number of aliphatic hydroxyl groups is 14. The fraction of sp³-hybridized carbons (Fsp3) is 0.875. The van der Waals surface area contributed by atoms with Crippen LogP contribution in [0.3, 0.4) is 0 Å². The summed E-state index contributed by atoms with van der Waals surface area (Å²) < 4.78 is 0. The van der Waals surface area contributed by atoms with Crippen LogP contribution in [0.15, 0.2) is 0 Å². The van der Waals surface area contributed by atoms with Crippen molar-refractivity contribution in [3.8, 4) is 0 Å². The Morgan fingerprint density at radius 3 is 0.800 bits per heavy atom. The second-order valence-electron chi connectivity index (χ2n) is 6.99. The molecule has 0 unspecified atom stereocenters. The Balaban J connectivity index is -0.000000569. The first-order valence-corrected chi connectivity index (χ1v) is 9.31. The second-order valence-corrected chi connectivity index (χ2v) is 6.99. The minimum atomic E-state index is -2.36. The van der Waals surface area contributed by atoms with Crippen molar-refractivity contribution in [3.63, 3.8) is 0 Å². The smallest absolute Gasteiger partial charge is 0.335 e. The van der Waals surface area contributed by atoms with E-state index in [1.165, 1.54) is 0 Å². The summed E-state index contributed by atoms with van der Waals surface area (Å²) in [5, 5.41) is 143. The van der Waals surface area contributed by atoms with Gasteiger partial charge in [0.15, 0.2) is 12.2 Å². The minimum Gasteiger partial charge on any atom is -0.479 e. The van der Waals surface area contributed by atoms with E-state index in [2.05, 4.69) is 0 Å². The molecule has 0 aliphatic heterocycles. The van der Waals surface area contributed by atoms with Crippen molar-refractivity contribution < 1.29 is 119 Å². The zero-order valence-electron chi connectivity index (χ0n) is 18.0. The predicted molar refractivity (Wildman–Crippen MR) is 102 cm³/mol. The summed E-state index contributed by atoms with van der Waals surface area (Å²) in [5.41, 5.74) is 0. The molecule has 0 fully saturated rings. The minimum absolute atomic E-state index is 0. The SMILES string of the molecule is O=C(O)[C@@H](O)[C@H](O)[C@H](O)[C@@H](O)[C@@H](O)[C@H](O)CO.O=C(O)[C@@H](O)[C@H](O)[C@H](O)[C@@H](O)[C@@H](O)[C@H](O)CO.[Cd]. The molecular weight excluding hydrogens is 593 g/mol. The Morgan fingerprint density at radius 1 is 0.429 bits per heavy atom. The van der Waals surface area contributed by atoms with E-state index in [1.807, 2.05) is 0 Å². The number of carboxylic acids is 2. The van der Waals surface area contributed by atoms with Gasteiger partial charge in [-0.3, -0.25) is 0 Å². The van der Waals surface area contributed by atoms with Crippen LogP contribution < -0.4 is 0 Å². The first-order valence-electron chi connectivity index (χ1n) is 9.31. The summed E-state index contributed by atoms with van der Waals surface area (Å²) in [4.78, 5) is 20.5. The number of carbonyl (C=O) groups is 2. The number of carboxylic acid groups (broad SMARTS) is 2. The van der Waals surface area contributed by atoms with E-state index >= 15 is 0 Å². The zero-order chi connectivity index (χ0) is 27.5. The van der Waals surface area contributed by atoms with Crippen molar-refractivity contribution >= 4 is 11.9 Å². The average molecular weight is 625 g/mol. The van der Waals surface area contributed by atoms with Crippen LogP contribution in [0.5, 0.6) is 0 Å². The first kappa shape index (κ1) is 38.8. The molecule has 16 N–H and O–H groups in total. The summed E-state index contributed by atoms with van der Waals surface area (Å²) >= 11 is 0. The number of hydrogen-bond donors (Lipinski definition) is 16. The number of aliphatic carboxylic acids is 2. The van der Waals surface area contributed by atoms with Crippen LogP contribution in [0.4, 0.5) is 0 Å². The van der Waals surface area contributed by atoms with E-state index < -0.39 is 98.4 Å². The third kappa shape index (κ3) is 12.4. The van der Waals surface area contributed by atoms with Crippen molar-refractivity contribution in [2.24, 2.45) is 0 Å². The van der Waals surface area contributed by atoms with Gasteiger partial charge in [0.05, 0.1) is 13.2 Å². The fourth-order valence-corrected chi connectivity index (χ4v) is 2.14. The van der Waals surface area contributed by atoms with Gasteiger partial charge in [0.1, 0.15) is 61.0 Å². The molecule has 0 amide bonds. The number of aliphatic hydroxyl groups excluding tert-OH is 14. The van der Waals surface area contributed by atoms with E-state index in [9.17, 15) is 30.0 Å². The molecule has 0 heterocycles. The van der Waals surface area contributed by atoms with Gasteiger partial charge >= 0.3 is 11.9 Å². The monoisotopic (exact) mass is 626 g/mol. The Bertz CT molecular complexity index is 547. The van der Waals surface area contributed by atoms with E-state index in [4.69, 9.17) is 61.3 Å². The van der Waals surface area contributed by atoms with Crippen LogP contribution in [0.25, 0.3) is 0 Å². The van der Waals surface area contributed by atoms with Gasteiger partial charge in [-0.2, -0.15) is 0 Å². The summed E-state index contributed by atoms with van der Waals surface area (Å²) in [5.74, 6) is -3.66. The first-order chi connectivity index (χ1) is 15.5. The molecule has 0 saturated carbocycles. The van der Waals surface area contributed by atoms with Crippen molar-refractivity contribution in [2.45, 2.75) is 73.2 Å². The second kappa shape index (κ2) is 18.5. The molecule has 0 radical (unpaired) electrons. The topological polar surface area (TPSA) is 358 Å². The normalized spacial score (nSPS) is 21.7. The van der Waals surface area contributed by atoms with Gasteiger partial charge in [-0.05, 0) is 0 Å². The standard InChI is InChI=1S/2C8H16O9.Cd/c2*9-1-2(10)3(11)4(12)5(13)6(14)7(15)8(16)17;/h2*2-7,9-15H,1H2,(H,16,17);/t2*2-,3+,4+,5-,6-,7+;/m11./s1. The van der Waals surface area contributed by atoms with Gasteiger partial charge in [-0.15, -0.1) is 0 Å². The third-order valence-corrected chi connectivity index (χ3v) is 4.42. The molecule has 18 nitrogen and oxygen atoms in total. The molecule has 0 bridgehead atoms. The maximum atomic E-state index is 10.3. The molecule has 0 aromatic carbocycles. The molecule has 12 atom stereocenters. The third-order valence-electron chi connectivity index (χ3n) is 4.42. The molecular formula is C16H32CdO18. The van der Waals surface area contributed by atoms with Crippen LogP contribution in [-0.2, 0) is 36.9 Å². The molecule has 0 aromatic heterocycles. The Labute approximate surface area is 217 Å². The molecule has 206 valence electrons. The maximum absolute atomic E-state index is 10.3. The zero-order valence-corrected chi connectivity index (χ0v) is 22.1. The van der Waals surface area contributed by atoms with Crippen molar-refractivity contribution in [1.82, 2.24) is 0 Å². The van der Waals surface area contributed by atoms with Gasteiger partial charge in [0.25, 0.3) is 0 Å². The van der Waals surface area contributed by atoms with Crippen LogP contribution in [0.1, 0.15) is 0 Å². The number of rotatable bonds is 14. The summed E-state index contributed by atoms with van der Waals surface area (Å²) in [6.45, 7) is -1.83. The molecule has 35 heavy (non-hydrogen) atoms. The van der Waals surface area contributed by atoms with E-state index in [0.29, 0.717) is 0 Å². The van der Waals surface area contributed by atoms with Gasteiger partial charge in [0.2, 0.25) is 0 Å². The molecule has 0 aliphatic rings. The molecule has 0 saturated heterocycles. The van der Waals surface area contributed by atoms with Gasteiger partial charge < -0.3 is 81.7 Å². The predicted octanol–water partition coefficient (Wildman–Crippen LogP) is -9.55. The van der Waals surface area contributed by atoms with Crippen LogP contribution in [0.2, 0.25) is 0 Å². The van der Waals surface area contributed by atoms with E-state index in [-0.39, 0.29) is 27.3 Å². The maximum Gasteiger partial charge on any atom is 0.335 e. The number of hydrogen-bond acceptors (Lipinski definition) is 16. The van der Waals surface area contributed by atoms with Gasteiger partial charge in [-0.25, -0.2) is 9.59 Å². The van der Waals surface area contributed by atoms with Gasteiger partial charge in [0, 0.05) is 27.3 Å². The van der Waals surface area contributed by atoms with Gasteiger partial charge in [-0.1, -0.05) is 0 Å². The summed E-state index contributed by atoms with van der Waals surface area (Å²) in [6, 6.07) is 0. The van der Waals surface area contributed by atoms with Crippen molar-refractivity contribution in [2.75, 3.05) is 13.2 Å². The van der Waals surface area contributed by atoms with Crippen LogP contribution in [0, 0.1) is 0 Å². The Kier molecular flexibility index (Phi) is 20.6. The Hall–Kier alpha value is -0.698. The fourth-order valence-electron chi connectivity index (χ4n) is 2.14. The molecule has 19 heteroatoms. The van der Waals surface area contributed by atoms with Crippen LogP contribution >= 0.6 is 0 Å². The molecule has 0 aromatic rings. The Morgan fingerprint density at radius 2 is 0.629 bits per heavy atom. The van der Waals surface area contributed by atoms with Crippen molar-refractivity contribution in [1.29, 1.82) is 0 Å². The van der Waals surface area contributed by atoms with Crippen LogP contribution in [-0.4, -0.2) is 180 Å². The molecule has 0 spiro atoms. The molecule has 0 rings (SSSR count). The average Bonchev–Trinajstić information content (AvgIpc) is 2.82. The summed E-state index contributed by atoms with van der Waals surface area (Å²) in [6.07, 6.45) is -25.5. The quantitative estimate of drug-likeness (QED) is 0.0797. The van der Waals surface area contributed by atoms with E-state index in [1.54, 1.807) is 0 Å². The largest absolute Gasteiger partial charge is 0.479 e. The molecule has 0 aliphatic carbocycles. The van der Waals surface area contributed by atoms with Crippen molar-refractivity contribution in [3.05, 3.63) is 0 Å². The summed E-state index contributed by atoms with van der Waals surface area (Å²) in [7, 11) is 0. The van der Waals surface area contributed by atoms with E-state index in [0.717, 1.165) is 0 Å².